The fourth-order valence-electron chi connectivity index (χ4n) is 4.96. The van der Waals surface area contributed by atoms with E-state index in [1.54, 1.807) is 6.20 Å². The number of hydrogen-bond donors (Lipinski definition) is 0. The van der Waals surface area contributed by atoms with Crippen LogP contribution in [0, 0.1) is 5.92 Å². The lowest BCUT2D eigenvalue weighted by molar-refractivity contribution is -0.133. The van der Waals surface area contributed by atoms with Gasteiger partial charge in [-0.05, 0) is 43.1 Å². The molecular formula is C24H28N4O2. The van der Waals surface area contributed by atoms with E-state index in [1.807, 2.05) is 29.2 Å². The minimum absolute atomic E-state index is 0.102. The Kier molecular flexibility index (Phi) is 5.47. The van der Waals surface area contributed by atoms with E-state index < -0.39 is 0 Å². The van der Waals surface area contributed by atoms with Gasteiger partial charge in [-0.2, -0.15) is 0 Å². The Bertz CT molecular complexity index is 1020. The standard InChI is InChI=1S/C24H28N4O2/c29-21(15-17-7-2-1-3-8-17)28-14-6-10-19(16-28)23-26-27-24(30-23)22-20-11-5-4-9-18(20)12-13-25-22/h4-5,9,11-13,17,19H,1-3,6-8,10,14-16H2. The molecule has 6 heteroatoms. The van der Waals surface area contributed by atoms with Crippen LogP contribution >= 0.6 is 0 Å². The molecule has 2 aromatic heterocycles. The minimum Gasteiger partial charge on any atom is -0.419 e. The maximum atomic E-state index is 12.9. The summed E-state index contributed by atoms with van der Waals surface area (Å²) in [4.78, 5) is 19.4. The van der Waals surface area contributed by atoms with Gasteiger partial charge in [0.25, 0.3) is 5.89 Å². The van der Waals surface area contributed by atoms with E-state index >= 15 is 0 Å². The van der Waals surface area contributed by atoms with Crippen molar-refractivity contribution < 1.29 is 9.21 Å². The van der Waals surface area contributed by atoms with Crippen LogP contribution in [0.4, 0.5) is 0 Å². The molecule has 1 aliphatic carbocycles. The smallest absolute Gasteiger partial charge is 0.266 e. The summed E-state index contributed by atoms with van der Waals surface area (Å²) in [6.07, 6.45) is 10.7. The summed E-state index contributed by atoms with van der Waals surface area (Å²) < 4.78 is 6.07. The highest BCUT2D eigenvalue weighted by molar-refractivity contribution is 5.92. The molecule has 0 spiro atoms. The highest BCUT2D eigenvalue weighted by atomic mass is 16.4. The van der Waals surface area contributed by atoms with Crippen LogP contribution < -0.4 is 0 Å². The van der Waals surface area contributed by atoms with Crippen molar-refractivity contribution in [3.05, 3.63) is 42.4 Å². The van der Waals surface area contributed by atoms with E-state index in [9.17, 15) is 4.79 Å². The van der Waals surface area contributed by atoms with E-state index in [-0.39, 0.29) is 5.92 Å². The Morgan fingerprint density at radius 2 is 1.90 bits per heavy atom. The van der Waals surface area contributed by atoms with Gasteiger partial charge in [-0.15, -0.1) is 10.2 Å². The predicted octanol–water partition coefficient (Wildman–Crippen LogP) is 4.96. The fourth-order valence-corrected chi connectivity index (χ4v) is 4.96. The number of carbonyl (C=O) groups excluding carboxylic acids is 1. The summed E-state index contributed by atoms with van der Waals surface area (Å²) in [6, 6.07) is 10.0. The monoisotopic (exact) mass is 404 g/mol. The average Bonchev–Trinajstić information content (AvgIpc) is 3.30. The SMILES string of the molecule is O=C(CC1CCCCC1)N1CCCC(c2nnc(-c3nccc4ccccc34)o2)C1. The third-order valence-electron chi connectivity index (χ3n) is 6.63. The number of benzene rings is 1. The van der Waals surface area contributed by atoms with Gasteiger partial charge in [-0.25, -0.2) is 0 Å². The molecule has 1 aromatic carbocycles. The second-order valence-corrected chi connectivity index (χ2v) is 8.71. The lowest BCUT2D eigenvalue weighted by Gasteiger charge is -2.32. The molecular weight excluding hydrogens is 376 g/mol. The van der Waals surface area contributed by atoms with Gasteiger partial charge in [0.15, 0.2) is 0 Å². The van der Waals surface area contributed by atoms with Crippen LogP contribution in [0.2, 0.25) is 0 Å². The first-order valence-electron chi connectivity index (χ1n) is 11.2. The Balaban J connectivity index is 1.30. The highest BCUT2D eigenvalue weighted by Crippen LogP contribution is 2.32. The molecule has 5 rings (SSSR count). The van der Waals surface area contributed by atoms with Crippen molar-refractivity contribution in [3.8, 4) is 11.6 Å². The fraction of sp³-hybridized carbons (Fsp3) is 0.500. The largest absolute Gasteiger partial charge is 0.419 e. The molecule has 1 aliphatic heterocycles. The molecule has 6 nitrogen and oxygen atoms in total. The van der Waals surface area contributed by atoms with Crippen molar-refractivity contribution in [2.75, 3.05) is 13.1 Å². The molecule has 156 valence electrons. The molecule has 1 unspecified atom stereocenters. The number of pyridine rings is 1. The second kappa shape index (κ2) is 8.54. The quantitative estimate of drug-likeness (QED) is 0.614. The Hall–Kier alpha value is -2.76. The normalized spacial score (nSPS) is 20.5. The summed E-state index contributed by atoms with van der Waals surface area (Å²) in [5.74, 6) is 2.04. The van der Waals surface area contributed by atoms with Crippen molar-refractivity contribution >= 4 is 16.7 Å². The van der Waals surface area contributed by atoms with Gasteiger partial charge >= 0.3 is 0 Å². The number of likely N-dealkylation sites (tertiary alicyclic amines) is 1. The Morgan fingerprint density at radius 3 is 2.80 bits per heavy atom. The second-order valence-electron chi connectivity index (χ2n) is 8.71. The molecule has 3 heterocycles. The summed E-state index contributed by atoms with van der Waals surface area (Å²) in [5.41, 5.74) is 0.716. The van der Waals surface area contributed by atoms with E-state index in [4.69, 9.17) is 4.42 Å². The van der Waals surface area contributed by atoms with E-state index in [0.29, 0.717) is 42.3 Å². The Morgan fingerprint density at radius 1 is 1.03 bits per heavy atom. The van der Waals surface area contributed by atoms with Gasteiger partial charge in [0, 0.05) is 31.1 Å². The first kappa shape index (κ1) is 19.2. The third kappa shape index (κ3) is 3.95. The van der Waals surface area contributed by atoms with Gasteiger partial charge < -0.3 is 9.32 Å². The average molecular weight is 405 g/mol. The lowest BCUT2D eigenvalue weighted by Crippen LogP contribution is -2.40. The van der Waals surface area contributed by atoms with Crippen molar-refractivity contribution in [2.24, 2.45) is 5.92 Å². The molecule has 0 radical (unpaired) electrons. The van der Waals surface area contributed by atoms with Crippen LogP contribution in [0.25, 0.3) is 22.4 Å². The van der Waals surface area contributed by atoms with E-state index in [1.165, 1.54) is 32.1 Å². The zero-order chi connectivity index (χ0) is 20.3. The minimum atomic E-state index is 0.102. The number of hydrogen-bond acceptors (Lipinski definition) is 5. The van der Waals surface area contributed by atoms with Gasteiger partial charge in [0.05, 0.1) is 5.92 Å². The molecule has 30 heavy (non-hydrogen) atoms. The topological polar surface area (TPSA) is 72.1 Å². The van der Waals surface area contributed by atoms with Crippen LogP contribution in [0.1, 0.15) is 63.2 Å². The summed E-state index contributed by atoms with van der Waals surface area (Å²) in [5, 5.41) is 10.7. The number of fused-ring (bicyclic) bond motifs is 1. The van der Waals surface area contributed by atoms with Crippen molar-refractivity contribution in [3.63, 3.8) is 0 Å². The predicted molar refractivity (Wildman–Crippen MR) is 115 cm³/mol. The van der Waals surface area contributed by atoms with Crippen LogP contribution in [0.3, 0.4) is 0 Å². The van der Waals surface area contributed by atoms with E-state index in [2.05, 4.69) is 21.2 Å². The summed E-state index contributed by atoms with van der Waals surface area (Å²) in [6.45, 7) is 1.52. The maximum absolute atomic E-state index is 12.9. The lowest BCUT2D eigenvalue weighted by atomic mass is 9.86. The number of carbonyl (C=O) groups is 1. The maximum Gasteiger partial charge on any atom is 0.266 e. The molecule has 1 saturated heterocycles. The molecule has 0 N–H and O–H groups in total. The molecule has 2 fully saturated rings. The number of nitrogens with zero attached hydrogens (tertiary/aromatic N) is 4. The van der Waals surface area contributed by atoms with Crippen LogP contribution in [-0.2, 0) is 4.79 Å². The molecule has 2 aliphatic rings. The van der Waals surface area contributed by atoms with Gasteiger partial charge in [-0.3, -0.25) is 9.78 Å². The van der Waals surface area contributed by atoms with Gasteiger partial charge in [0.2, 0.25) is 11.8 Å². The van der Waals surface area contributed by atoms with Crippen LogP contribution in [0.15, 0.2) is 40.9 Å². The molecule has 3 aromatic rings. The number of aromatic nitrogens is 3. The zero-order valence-electron chi connectivity index (χ0n) is 17.3. The zero-order valence-corrected chi connectivity index (χ0v) is 17.3. The number of amides is 1. The summed E-state index contributed by atoms with van der Waals surface area (Å²) >= 11 is 0. The molecule has 1 atom stereocenters. The van der Waals surface area contributed by atoms with Crippen molar-refractivity contribution in [2.45, 2.75) is 57.3 Å². The molecule has 0 bridgehead atoms. The first-order valence-corrected chi connectivity index (χ1v) is 11.2. The highest BCUT2D eigenvalue weighted by Gasteiger charge is 2.30. The van der Waals surface area contributed by atoms with E-state index in [0.717, 1.165) is 30.2 Å². The van der Waals surface area contributed by atoms with Gasteiger partial charge in [0.1, 0.15) is 5.69 Å². The summed E-state index contributed by atoms with van der Waals surface area (Å²) in [7, 11) is 0. The molecule has 1 amide bonds. The van der Waals surface area contributed by atoms with Crippen LogP contribution in [-0.4, -0.2) is 39.1 Å². The number of rotatable bonds is 4. The first-order chi connectivity index (χ1) is 14.8. The molecule has 1 saturated carbocycles. The Labute approximate surface area is 176 Å². The van der Waals surface area contributed by atoms with Gasteiger partial charge in [-0.1, -0.05) is 43.5 Å². The van der Waals surface area contributed by atoms with Crippen molar-refractivity contribution in [1.29, 1.82) is 0 Å². The third-order valence-corrected chi connectivity index (χ3v) is 6.63. The number of piperidine rings is 1. The van der Waals surface area contributed by atoms with Crippen LogP contribution in [0.5, 0.6) is 0 Å². The van der Waals surface area contributed by atoms with Crippen molar-refractivity contribution in [1.82, 2.24) is 20.1 Å².